The van der Waals surface area contributed by atoms with Gasteiger partial charge in [-0.1, -0.05) is 103 Å². The molecule has 0 aliphatic heterocycles. The number of halogens is 1. The van der Waals surface area contributed by atoms with Crippen molar-refractivity contribution in [2.45, 2.75) is 122 Å². The maximum Gasteiger partial charge on any atom is 0.221 e. The fourth-order valence-electron chi connectivity index (χ4n) is 3.05. The summed E-state index contributed by atoms with van der Waals surface area (Å²) < 4.78 is 0. The summed E-state index contributed by atoms with van der Waals surface area (Å²) in [4.78, 5) is 10.6. The molecule has 0 aliphatic carbocycles. The molecule has 0 atom stereocenters. The zero-order valence-electron chi connectivity index (χ0n) is 16.2. The number of hydrogen-bond donors (Lipinski definition) is 0. The van der Waals surface area contributed by atoms with Crippen LogP contribution < -0.4 is 0 Å². The fraction of sp³-hybridized carbons (Fsp3) is 0.864. The van der Waals surface area contributed by atoms with Gasteiger partial charge in [-0.3, -0.25) is 4.79 Å². The molecule has 0 aliphatic rings. The molecule has 0 aromatic rings. The van der Waals surface area contributed by atoms with E-state index >= 15 is 0 Å². The lowest BCUT2D eigenvalue weighted by atomic mass is 10.0. The highest BCUT2D eigenvalue weighted by Crippen LogP contribution is 2.13. The molecule has 0 amide bonds. The number of hydrogen-bond acceptors (Lipinski definition) is 1. The highest BCUT2D eigenvalue weighted by molar-refractivity contribution is 6.63. The van der Waals surface area contributed by atoms with Crippen LogP contribution in [0.25, 0.3) is 0 Å². The molecule has 24 heavy (non-hydrogen) atoms. The molecule has 0 N–H and O–H groups in total. The van der Waals surface area contributed by atoms with E-state index in [1.54, 1.807) is 0 Å². The average molecular weight is 357 g/mol. The molecule has 0 aromatic carbocycles. The Hall–Kier alpha value is -0.300. The number of carbonyl (C=O) groups is 1. The number of carbonyl (C=O) groups excluding carboxylic acids is 1. The van der Waals surface area contributed by atoms with Crippen molar-refractivity contribution >= 4 is 16.8 Å². The van der Waals surface area contributed by atoms with Crippen LogP contribution in [0.3, 0.4) is 0 Å². The summed E-state index contributed by atoms with van der Waals surface area (Å²) in [6, 6.07) is 0. The summed E-state index contributed by atoms with van der Waals surface area (Å²) in [6.07, 6.45) is 27.8. The molecular weight excluding hydrogens is 316 g/mol. The van der Waals surface area contributed by atoms with Crippen LogP contribution in [0.4, 0.5) is 0 Å². The van der Waals surface area contributed by atoms with Crippen molar-refractivity contribution in [2.24, 2.45) is 0 Å². The van der Waals surface area contributed by atoms with Crippen LogP contribution in [0.15, 0.2) is 12.2 Å². The van der Waals surface area contributed by atoms with E-state index in [-0.39, 0.29) is 5.24 Å². The van der Waals surface area contributed by atoms with Gasteiger partial charge in [-0.2, -0.15) is 0 Å². The highest BCUT2D eigenvalue weighted by Gasteiger charge is 1.94. The van der Waals surface area contributed by atoms with E-state index in [1.807, 2.05) is 0 Å². The minimum absolute atomic E-state index is 0.213. The zero-order valence-corrected chi connectivity index (χ0v) is 16.9. The third kappa shape index (κ3) is 21.7. The van der Waals surface area contributed by atoms with Gasteiger partial charge in [0.15, 0.2) is 0 Å². The van der Waals surface area contributed by atoms with Gasteiger partial charge in [0, 0.05) is 6.42 Å². The molecule has 0 saturated carbocycles. The SMILES string of the molecule is CCCCCCCCCCCCCCCC/C=C/CCCC(=O)Cl. The molecule has 0 radical (unpaired) electrons. The van der Waals surface area contributed by atoms with Crippen molar-refractivity contribution in [3.05, 3.63) is 12.2 Å². The van der Waals surface area contributed by atoms with E-state index in [1.165, 1.54) is 96.3 Å². The maximum atomic E-state index is 10.6. The largest absolute Gasteiger partial charge is 0.281 e. The first kappa shape index (κ1) is 23.7. The van der Waals surface area contributed by atoms with Gasteiger partial charge in [-0.25, -0.2) is 0 Å². The van der Waals surface area contributed by atoms with Crippen LogP contribution in [0.1, 0.15) is 122 Å². The molecule has 0 saturated heterocycles. The Bertz CT molecular complexity index is 286. The molecule has 0 rings (SSSR count). The van der Waals surface area contributed by atoms with Gasteiger partial charge < -0.3 is 0 Å². The molecule has 0 heterocycles. The zero-order chi connectivity index (χ0) is 17.7. The van der Waals surface area contributed by atoms with Crippen LogP contribution in [0.2, 0.25) is 0 Å². The molecule has 0 bridgehead atoms. The van der Waals surface area contributed by atoms with Crippen molar-refractivity contribution in [1.82, 2.24) is 0 Å². The lowest BCUT2D eigenvalue weighted by molar-refractivity contribution is -0.111. The van der Waals surface area contributed by atoms with E-state index in [0.29, 0.717) is 6.42 Å². The number of rotatable bonds is 19. The Morgan fingerprint density at radius 1 is 0.625 bits per heavy atom. The second kappa shape index (κ2) is 20.7. The van der Waals surface area contributed by atoms with Gasteiger partial charge in [-0.15, -0.1) is 0 Å². The van der Waals surface area contributed by atoms with Crippen LogP contribution >= 0.6 is 11.6 Å². The topological polar surface area (TPSA) is 17.1 Å². The number of unbranched alkanes of at least 4 members (excludes halogenated alkanes) is 15. The van der Waals surface area contributed by atoms with E-state index < -0.39 is 0 Å². The van der Waals surface area contributed by atoms with Crippen molar-refractivity contribution in [3.63, 3.8) is 0 Å². The van der Waals surface area contributed by atoms with Crippen molar-refractivity contribution in [2.75, 3.05) is 0 Å². The fourth-order valence-corrected chi connectivity index (χ4v) is 3.18. The third-order valence-electron chi connectivity index (χ3n) is 4.64. The van der Waals surface area contributed by atoms with E-state index in [9.17, 15) is 4.79 Å². The van der Waals surface area contributed by atoms with E-state index in [2.05, 4.69) is 19.1 Å². The van der Waals surface area contributed by atoms with Gasteiger partial charge in [0.1, 0.15) is 0 Å². The predicted octanol–water partition coefficient (Wildman–Crippen LogP) is 8.35. The molecule has 1 nitrogen and oxygen atoms in total. The van der Waals surface area contributed by atoms with Gasteiger partial charge in [-0.05, 0) is 37.3 Å². The Morgan fingerprint density at radius 2 is 1.00 bits per heavy atom. The summed E-state index contributed by atoms with van der Waals surface area (Å²) >= 11 is 5.30. The second-order valence-electron chi connectivity index (χ2n) is 7.10. The van der Waals surface area contributed by atoms with Gasteiger partial charge in [0.25, 0.3) is 0 Å². The Labute approximate surface area is 156 Å². The molecular formula is C22H41ClO. The van der Waals surface area contributed by atoms with Crippen LogP contribution in [0.5, 0.6) is 0 Å². The number of allylic oxidation sites excluding steroid dienone is 2. The van der Waals surface area contributed by atoms with E-state index in [4.69, 9.17) is 11.6 Å². The smallest absolute Gasteiger partial charge is 0.221 e. The van der Waals surface area contributed by atoms with Gasteiger partial charge >= 0.3 is 0 Å². The first-order valence-electron chi connectivity index (χ1n) is 10.6. The minimum Gasteiger partial charge on any atom is -0.281 e. The third-order valence-corrected chi connectivity index (χ3v) is 4.82. The molecule has 0 unspecified atom stereocenters. The molecule has 2 heteroatoms. The monoisotopic (exact) mass is 356 g/mol. The summed E-state index contributed by atoms with van der Waals surface area (Å²) in [5.74, 6) is 0. The predicted molar refractivity (Wildman–Crippen MR) is 109 cm³/mol. The standard InChI is InChI=1S/C22H41ClO/c1-2-3-4-5-6-7-8-9-10-11-12-13-14-15-16-17-18-19-20-21-22(23)24/h17-18H,2-16,19-21H2,1H3/b18-17+. The lowest BCUT2D eigenvalue weighted by Gasteiger charge is -2.02. The summed E-state index contributed by atoms with van der Waals surface area (Å²) in [7, 11) is 0. The molecule has 142 valence electrons. The highest BCUT2D eigenvalue weighted by atomic mass is 35.5. The quantitative estimate of drug-likeness (QED) is 0.129. The normalized spacial score (nSPS) is 11.4. The summed E-state index contributed by atoms with van der Waals surface area (Å²) in [6.45, 7) is 2.28. The van der Waals surface area contributed by atoms with Crippen LogP contribution in [-0.2, 0) is 4.79 Å². The van der Waals surface area contributed by atoms with Crippen LogP contribution in [0, 0.1) is 0 Å². The summed E-state index contributed by atoms with van der Waals surface area (Å²) in [5, 5.41) is -0.213. The van der Waals surface area contributed by atoms with Crippen molar-refractivity contribution < 1.29 is 4.79 Å². The van der Waals surface area contributed by atoms with Crippen molar-refractivity contribution in [1.29, 1.82) is 0 Å². The second-order valence-corrected chi connectivity index (χ2v) is 7.53. The van der Waals surface area contributed by atoms with Gasteiger partial charge in [0.2, 0.25) is 5.24 Å². The van der Waals surface area contributed by atoms with Gasteiger partial charge in [0.05, 0.1) is 0 Å². The molecule has 0 aromatic heterocycles. The summed E-state index contributed by atoms with van der Waals surface area (Å²) in [5.41, 5.74) is 0. The Kier molecular flexibility index (Phi) is 20.5. The first-order chi connectivity index (χ1) is 11.8. The molecule has 0 fully saturated rings. The average Bonchev–Trinajstić information content (AvgIpc) is 2.56. The molecule has 0 spiro atoms. The Balaban J connectivity index is 3.05. The Morgan fingerprint density at radius 3 is 1.42 bits per heavy atom. The lowest BCUT2D eigenvalue weighted by Crippen LogP contribution is -1.84. The minimum atomic E-state index is -0.213. The van der Waals surface area contributed by atoms with Crippen LogP contribution in [-0.4, -0.2) is 5.24 Å². The maximum absolute atomic E-state index is 10.6. The first-order valence-corrected chi connectivity index (χ1v) is 11.0. The van der Waals surface area contributed by atoms with Crippen molar-refractivity contribution in [3.8, 4) is 0 Å². The van der Waals surface area contributed by atoms with E-state index in [0.717, 1.165) is 12.8 Å².